The molecule has 0 saturated heterocycles. The Morgan fingerprint density at radius 3 is 2.62 bits per heavy atom. The summed E-state index contributed by atoms with van der Waals surface area (Å²) >= 11 is 3.18. The molecule has 1 aromatic carbocycles. The van der Waals surface area contributed by atoms with Crippen LogP contribution in [-0.4, -0.2) is 11.4 Å². The summed E-state index contributed by atoms with van der Waals surface area (Å²) in [5, 5.41) is 2.79. The van der Waals surface area contributed by atoms with Gasteiger partial charge in [-0.1, -0.05) is 13.0 Å². The van der Waals surface area contributed by atoms with Crippen molar-refractivity contribution in [3.05, 3.63) is 34.1 Å². The fourth-order valence-corrected chi connectivity index (χ4v) is 1.70. The minimum absolute atomic E-state index is 0.0593. The highest BCUT2D eigenvalue weighted by atomic mass is 79.9. The van der Waals surface area contributed by atoms with Gasteiger partial charge in [-0.05, 0) is 48.3 Å². The number of carbonyl (C=O) groups excluding carboxylic acids is 1. The predicted octanol–water partition coefficient (Wildman–Crippen LogP) is 3.51. The number of nitrogens with one attached hydrogen (secondary N) is 1. The van der Waals surface area contributed by atoms with Crippen LogP contribution in [0.15, 0.2) is 22.7 Å². The molecule has 88 valence electrons. The molecule has 0 spiro atoms. The third kappa shape index (κ3) is 3.04. The molecule has 1 rings (SSSR count). The SMILES string of the molecule is CCC(C)(C)NC(=O)c1c(F)cccc1Br. The van der Waals surface area contributed by atoms with Gasteiger partial charge in [0.2, 0.25) is 0 Å². The lowest BCUT2D eigenvalue weighted by Crippen LogP contribution is -2.43. The van der Waals surface area contributed by atoms with E-state index in [2.05, 4.69) is 21.2 Å². The number of rotatable bonds is 3. The zero-order valence-corrected chi connectivity index (χ0v) is 11.2. The maximum atomic E-state index is 13.5. The van der Waals surface area contributed by atoms with Gasteiger partial charge in [0.25, 0.3) is 5.91 Å². The zero-order chi connectivity index (χ0) is 12.3. The Morgan fingerprint density at radius 1 is 1.50 bits per heavy atom. The molecule has 0 saturated carbocycles. The molecule has 0 unspecified atom stereocenters. The first-order valence-corrected chi connectivity index (χ1v) is 5.93. The normalized spacial score (nSPS) is 11.3. The van der Waals surface area contributed by atoms with Gasteiger partial charge in [-0.2, -0.15) is 0 Å². The van der Waals surface area contributed by atoms with Crippen LogP contribution in [0.4, 0.5) is 4.39 Å². The van der Waals surface area contributed by atoms with Gasteiger partial charge in [-0.15, -0.1) is 0 Å². The third-order valence-electron chi connectivity index (χ3n) is 2.53. The fraction of sp³-hybridized carbons (Fsp3) is 0.417. The average Bonchev–Trinajstić information content (AvgIpc) is 2.16. The molecule has 0 aliphatic rings. The van der Waals surface area contributed by atoms with Crippen LogP contribution in [0, 0.1) is 5.82 Å². The lowest BCUT2D eigenvalue weighted by Gasteiger charge is -2.24. The second kappa shape index (κ2) is 4.95. The third-order valence-corrected chi connectivity index (χ3v) is 3.19. The Hall–Kier alpha value is -0.900. The number of benzene rings is 1. The van der Waals surface area contributed by atoms with Gasteiger partial charge in [0, 0.05) is 10.0 Å². The molecule has 1 amide bonds. The Morgan fingerprint density at radius 2 is 2.12 bits per heavy atom. The van der Waals surface area contributed by atoms with Crippen molar-refractivity contribution >= 4 is 21.8 Å². The van der Waals surface area contributed by atoms with E-state index in [0.717, 1.165) is 6.42 Å². The van der Waals surface area contributed by atoms with Gasteiger partial charge >= 0.3 is 0 Å². The topological polar surface area (TPSA) is 29.1 Å². The maximum absolute atomic E-state index is 13.5. The fourth-order valence-electron chi connectivity index (χ4n) is 1.17. The molecule has 1 aromatic rings. The van der Waals surface area contributed by atoms with Crippen LogP contribution in [0.3, 0.4) is 0 Å². The van der Waals surface area contributed by atoms with Crippen molar-refractivity contribution in [2.75, 3.05) is 0 Å². The second-order valence-corrected chi connectivity index (χ2v) is 5.14. The van der Waals surface area contributed by atoms with E-state index in [1.165, 1.54) is 6.07 Å². The van der Waals surface area contributed by atoms with E-state index in [-0.39, 0.29) is 11.1 Å². The number of amides is 1. The van der Waals surface area contributed by atoms with Gasteiger partial charge in [-0.25, -0.2) is 4.39 Å². The summed E-state index contributed by atoms with van der Waals surface area (Å²) in [6, 6.07) is 4.48. The van der Waals surface area contributed by atoms with Crippen LogP contribution < -0.4 is 5.32 Å². The summed E-state index contributed by atoms with van der Waals surface area (Å²) < 4.78 is 14.0. The molecule has 2 nitrogen and oxygen atoms in total. The van der Waals surface area contributed by atoms with Gasteiger partial charge in [0.15, 0.2) is 0 Å². The second-order valence-electron chi connectivity index (χ2n) is 4.29. The summed E-state index contributed by atoms with van der Waals surface area (Å²) in [7, 11) is 0. The Kier molecular flexibility index (Phi) is 4.08. The zero-order valence-electron chi connectivity index (χ0n) is 9.60. The summed E-state index contributed by atoms with van der Waals surface area (Å²) in [4.78, 5) is 11.9. The van der Waals surface area contributed by atoms with Crippen molar-refractivity contribution in [1.82, 2.24) is 5.32 Å². The quantitative estimate of drug-likeness (QED) is 0.906. The number of hydrogen-bond acceptors (Lipinski definition) is 1. The summed E-state index contributed by atoms with van der Waals surface area (Å²) in [5.41, 5.74) is -0.275. The van der Waals surface area contributed by atoms with Crippen molar-refractivity contribution in [2.24, 2.45) is 0 Å². The maximum Gasteiger partial charge on any atom is 0.255 e. The summed E-state index contributed by atoms with van der Waals surface area (Å²) in [6.07, 6.45) is 0.783. The van der Waals surface area contributed by atoms with Crippen LogP contribution in [0.2, 0.25) is 0 Å². The van der Waals surface area contributed by atoms with Crippen molar-refractivity contribution in [2.45, 2.75) is 32.7 Å². The van der Waals surface area contributed by atoms with Gasteiger partial charge in [0.05, 0.1) is 5.56 Å². The van der Waals surface area contributed by atoms with Gasteiger partial charge < -0.3 is 5.32 Å². The first-order chi connectivity index (χ1) is 7.37. The molecular weight excluding hydrogens is 273 g/mol. The van der Waals surface area contributed by atoms with Crippen molar-refractivity contribution < 1.29 is 9.18 Å². The van der Waals surface area contributed by atoms with E-state index in [0.29, 0.717) is 4.47 Å². The largest absolute Gasteiger partial charge is 0.347 e. The smallest absolute Gasteiger partial charge is 0.255 e. The van der Waals surface area contributed by atoms with Crippen molar-refractivity contribution in [3.63, 3.8) is 0 Å². The van der Waals surface area contributed by atoms with E-state index in [9.17, 15) is 9.18 Å². The average molecular weight is 288 g/mol. The van der Waals surface area contributed by atoms with Crippen LogP contribution in [0.5, 0.6) is 0 Å². The van der Waals surface area contributed by atoms with Crippen LogP contribution in [-0.2, 0) is 0 Å². The molecule has 0 radical (unpaired) electrons. The van der Waals surface area contributed by atoms with Crippen LogP contribution in [0.1, 0.15) is 37.6 Å². The first kappa shape index (κ1) is 13.2. The Labute approximate surface area is 103 Å². The van der Waals surface area contributed by atoms with Gasteiger partial charge in [0.1, 0.15) is 5.82 Å². The number of halogens is 2. The lowest BCUT2D eigenvalue weighted by molar-refractivity contribution is 0.0906. The van der Waals surface area contributed by atoms with Gasteiger partial charge in [-0.3, -0.25) is 4.79 Å². The van der Waals surface area contributed by atoms with E-state index in [1.54, 1.807) is 12.1 Å². The first-order valence-electron chi connectivity index (χ1n) is 5.14. The molecule has 4 heteroatoms. The highest BCUT2D eigenvalue weighted by Gasteiger charge is 2.22. The van der Waals surface area contributed by atoms with Crippen LogP contribution in [0.25, 0.3) is 0 Å². The summed E-state index contributed by atoms with van der Waals surface area (Å²) in [6.45, 7) is 5.77. The monoisotopic (exact) mass is 287 g/mol. The Bertz CT molecular complexity index is 384. The summed E-state index contributed by atoms with van der Waals surface area (Å²) in [5.74, 6) is -0.907. The number of carbonyl (C=O) groups is 1. The standard InChI is InChI=1S/C12H15BrFNO/c1-4-12(2,3)15-11(16)10-8(13)6-5-7-9(10)14/h5-7H,4H2,1-3H3,(H,15,16). The molecule has 1 N–H and O–H groups in total. The molecule has 0 fully saturated rings. The molecule has 0 heterocycles. The minimum atomic E-state index is -0.515. The molecular formula is C12H15BrFNO. The minimum Gasteiger partial charge on any atom is -0.347 e. The predicted molar refractivity (Wildman–Crippen MR) is 65.9 cm³/mol. The molecule has 0 atom stereocenters. The molecule has 0 aliphatic carbocycles. The van der Waals surface area contributed by atoms with Crippen molar-refractivity contribution in [1.29, 1.82) is 0 Å². The van der Waals surface area contributed by atoms with E-state index < -0.39 is 11.7 Å². The highest BCUT2D eigenvalue weighted by molar-refractivity contribution is 9.10. The van der Waals surface area contributed by atoms with E-state index in [1.807, 2.05) is 20.8 Å². The molecule has 0 aromatic heterocycles. The Balaban J connectivity index is 2.98. The molecule has 0 aliphatic heterocycles. The molecule has 0 bridgehead atoms. The molecule has 16 heavy (non-hydrogen) atoms. The van der Waals surface area contributed by atoms with Crippen molar-refractivity contribution in [3.8, 4) is 0 Å². The van der Waals surface area contributed by atoms with E-state index >= 15 is 0 Å². The van der Waals surface area contributed by atoms with Crippen LogP contribution >= 0.6 is 15.9 Å². The number of hydrogen-bond donors (Lipinski definition) is 1. The highest BCUT2D eigenvalue weighted by Crippen LogP contribution is 2.20. The van der Waals surface area contributed by atoms with E-state index in [4.69, 9.17) is 0 Å². The lowest BCUT2D eigenvalue weighted by atomic mass is 10.0.